The second-order valence-electron chi connectivity index (χ2n) is 5.02. The molecule has 0 aliphatic rings. The molecule has 1 amide bonds. The standard InChI is InChI=1S/C14H29NO3/c1-3-5-6-7-8-9-10-13(18)15-14(4-2,11-16)12-17/h16-17H,3-12H2,1-2H3,(H,15,18). The number of aliphatic hydroxyl groups is 2. The third kappa shape index (κ3) is 6.97. The molecule has 0 aromatic heterocycles. The van der Waals surface area contributed by atoms with E-state index in [9.17, 15) is 15.0 Å². The molecule has 0 unspecified atom stereocenters. The van der Waals surface area contributed by atoms with Gasteiger partial charge in [-0.15, -0.1) is 0 Å². The second kappa shape index (κ2) is 10.3. The van der Waals surface area contributed by atoms with Crippen molar-refractivity contribution in [2.45, 2.75) is 70.8 Å². The normalized spacial score (nSPS) is 11.6. The highest BCUT2D eigenvalue weighted by molar-refractivity contribution is 5.76. The molecule has 18 heavy (non-hydrogen) atoms. The monoisotopic (exact) mass is 259 g/mol. The first kappa shape index (κ1) is 17.4. The van der Waals surface area contributed by atoms with E-state index in [4.69, 9.17) is 0 Å². The lowest BCUT2D eigenvalue weighted by molar-refractivity contribution is -0.124. The number of unbranched alkanes of at least 4 members (excludes halogenated alkanes) is 5. The van der Waals surface area contributed by atoms with Crippen LogP contribution in [0.5, 0.6) is 0 Å². The minimum absolute atomic E-state index is 0.0737. The van der Waals surface area contributed by atoms with Crippen molar-refractivity contribution in [3.8, 4) is 0 Å². The topological polar surface area (TPSA) is 69.6 Å². The van der Waals surface area contributed by atoms with Gasteiger partial charge in [0.1, 0.15) is 0 Å². The molecular formula is C14H29NO3. The van der Waals surface area contributed by atoms with Gasteiger partial charge in [-0.25, -0.2) is 0 Å². The third-order valence-electron chi connectivity index (χ3n) is 3.44. The SMILES string of the molecule is CCCCCCCCC(=O)NC(CC)(CO)CO. The molecule has 0 atom stereocenters. The Morgan fingerprint density at radius 1 is 1.00 bits per heavy atom. The Balaban J connectivity index is 3.76. The largest absolute Gasteiger partial charge is 0.394 e. The molecule has 0 aromatic rings. The van der Waals surface area contributed by atoms with Gasteiger partial charge in [0.15, 0.2) is 0 Å². The zero-order chi connectivity index (χ0) is 13.9. The minimum atomic E-state index is -0.848. The summed E-state index contributed by atoms with van der Waals surface area (Å²) in [6.45, 7) is 3.59. The van der Waals surface area contributed by atoms with Crippen molar-refractivity contribution >= 4 is 5.91 Å². The quantitative estimate of drug-likeness (QED) is 0.497. The number of aliphatic hydroxyl groups excluding tert-OH is 2. The molecule has 0 radical (unpaired) electrons. The van der Waals surface area contributed by atoms with E-state index in [1.807, 2.05) is 6.92 Å². The summed E-state index contributed by atoms with van der Waals surface area (Å²) in [6, 6.07) is 0. The Hall–Kier alpha value is -0.610. The second-order valence-corrected chi connectivity index (χ2v) is 5.02. The van der Waals surface area contributed by atoms with Gasteiger partial charge in [-0.3, -0.25) is 4.79 Å². The average Bonchev–Trinajstić information content (AvgIpc) is 2.40. The maximum Gasteiger partial charge on any atom is 0.220 e. The number of amides is 1. The summed E-state index contributed by atoms with van der Waals surface area (Å²) in [5.74, 6) is -0.0737. The van der Waals surface area contributed by atoms with Crippen molar-refractivity contribution in [1.82, 2.24) is 5.32 Å². The molecule has 0 bridgehead atoms. The molecule has 0 spiro atoms. The highest BCUT2D eigenvalue weighted by Crippen LogP contribution is 2.11. The summed E-state index contributed by atoms with van der Waals surface area (Å²) in [6.07, 6.45) is 7.88. The molecule has 108 valence electrons. The Labute approximate surface area is 111 Å². The number of nitrogens with one attached hydrogen (secondary N) is 1. The lowest BCUT2D eigenvalue weighted by Gasteiger charge is -2.29. The highest BCUT2D eigenvalue weighted by atomic mass is 16.3. The van der Waals surface area contributed by atoms with Crippen molar-refractivity contribution in [3.05, 3.63) is 0 Å². The van der Waals surface area contributed by atoms with Gasteiger partial charge in [-0.1, -0.05) is 46.0 Å². The van der Waals surface area contributed by atoms with Gasteiger partial charge in [0.25, 0.3) is 0 Å². The molecule has 0 saturated heterocycles. The molecule has 0 rings (SSSR count). The average molecular weight is 259 g/mol. The lowest BCUT2D eigenvalue weighted by Crippen LogP contribution is -2.53. The van der Waals surface area contributed by atoms with E-state index in [2.05, 4.69) is 12.2 Å². The predicted octanol–water partition coefficient (Wildman–Crippen LogP) is 1.99. The van der Waals surface area contributed by atoms with Gasteiger partial charge in [0.2, 0.25) is 5.91 Å². The summed E-state index contributed by atoms with van der Waals surface area (Å²) >= 11 is 0. The predicted molar refractivity (Wildman–Crippen MR) is 73.3 cm³/mol. The summed E-state index contributed by atoms with van der Waals surface area (Å²) in [5.41, 5.74) is -0.848. The summed E-state index contributed by atoms with van der Waals surface area (Å²) in [5, 5.41) is 21.2. The fraction of sp³-hybridized carbons (Fsp3) is 0.929. The van der Waals surface area contributed by atoms with E-state index in [1.54, 1.807) is 0 Å². The van der Waals surface area contributed by atoms with E-state index < -0.39 is 5.54 Å². The van der Waals surface area contributed by atoms with Gasteiger partial charge in [0.05, 0.1) is 18.8 Å². The fourth-order valence-electron chi connectivity index (χ4n) is 1.87. The first-order valence-corrected chi connectivity index (χ1v) is 7.17. The first-order chi connectivity index (χ1) is 8.64. The summed E-state index contributed by atoms with van der Waals surface area (Å²) in [4.78, 5) is 11.7. The molecule has 0 aromatic carbocycles. The first-order valence-electron chi connectivity index (χ1n) is 7.17. The number of hydrogen-bond acceptors (Lipinski definition) is 3. The number of carbonyl (C=O) groups is 1. The molecule has 0 aliphatic carbocycles. The van der Waals surface area contributed by atoms with Crippen LogP contribution in [0.4, 0.5) is 0 Å². The maximum atomic E-state index is 11.7. The van der Waals surface area contributed by atoms with E-state index in [1.165, 1.54) is 25.7 Å². The zero-order valence-corrected chi connectivity index (χ0v) is 11.9. The van der Waals surface area contributed by atoms with Crippen LogP contribution in [0, 0.1) is 0 Å². The van der Waals surface area contributed by atoms with Crippen LogP contribution in [-0.2, 0) is 4.79 Å². The molecule has 0 fully saturated rings. The van der Waals surface area contributed by atoms with Crippen molar-refractivity contribution in [1.29, 1.82) is 0 Å². The fourth-order valence-corrected chi connectivity index (χ4v) is 1.87. The summed E-state index contributed by atoms with van der Waals surface area (Å²) in [7, 11) is 0. The van der Waals surface area contributed by atoms with Crippen LogP contribution in [0.15, 0.2) is 0 Å². The van der Waals surface area contributed by atoms with Crippen molar-refractivity contribution in [2.24, 2.45) is 0 Å². The molecule has 3 N–H and O–H groups in total. The molecular weight excluding hydrogens is 230 g/mol. The Bertz CT molecular complexity index is 207. The van der Waals surface area contributed by atoms with Crippen molar-refractivity contribution in [3.63, 3.8) is 0 Å². The maximum absolute atomic E-state index is 11.7. The highest BCUT2D eigenvalue weighted by Gasteiger charge is 2.27. The van der Waals surface area contributed by atoms with Gasteiger partial charge in [0, 0.05) is 6.42 Å². The lowest BCUT2D eigenvalue weighted by atomic mass is 9.98. The number of hydrogen-bond donors (Lipinski definition) is 3. The van der Waals surface area contributed by atoms with E-state index in [0.717, 1.165) is 12.8 Å². The van der Waals surface area contributed by atoms with Crippen LogP contribution in [0.1, 0.15) is 65.2 Å². The van der Waals surface area contributed by atoms with Crippen molar-refractivity contribution in [2.75, 3.05) is 13.2 Å². The number of carbonyl (C=O) groups excluding carboxylic acids is 1. The van der Waals surface area contributed by atoms with E-state index in [0.29, 0.717) is 12.8 Å². The van der Waals surface area contributed by atoms with Crippen LogP contribution >= 0.6 is 0 Å². The minimum Gasteiger partial charge on any atom is -0.394 e. The van der Waals surface area contributed by atoms with E-state index >= 15 is 0 Å². The molecule has 0 saturated carbocycles. The van der Waals surface area contributed by atoms with Crippen LogP contribution in [0.2, 0.25) is 0 Å². The van der Waals surface area contributed by atoms with Gasteiger partial charge < -0.3 is 15.5 Å². The van der Waals surface area contributed by atoms with Gasteiger partial charge >= 0.3 is 0 Å². The van der Waals surface area contributed by atoms with Gasteiger partial charge in [-0.05, 0) is 12.8 Å². The van der Waals surface area contributed by atoms with Crippen LogP contribution in [0.3, 0.4) is 0 Å². The number of rotatable bonds is 11. The summed E-state index contributed by atoms with van der Waals surface area (Å²) < 4.78 is 0. The van der Waals surface area contributed by atoms with Crippen LogP contribution in [-0.4, -0.2) is 34.9 Å². The Morgan fingerprint density at radius 2 is 1.56 bits per heavy atom. The van der Waals surface area contributed by atoms with E-state index in [-0.39, 0.29) is 19.1 Å². The third-order valence-corrected chi connectivity index (χ3v) is 3.44. The van der Waals surface area contributed by atoms with Gasteiger partial charge in [-0.2, -0.15) is 0 Å². The zero-order valence-electron chi connectivity index (χ0n) is 11.9. The molecule has 0 heterocycles. The van der Waals surface area contributed by atoms with Crippen LogP contribution < -0.4 is 5.32 Å². The molecule has 0 aliphatic heterocycles. The van der Waals surface area contributed by atoms with Crippen molar-refractivity contribution < 1.29 is 15.0 Å². The smallest absolute Gasteiger partial charge is 0.220 e. The Kier molecular flexibility index (Phi) is 9.98. The molecule has 4 nitrogen and oxygen atoms in total. The molecule has 4 heteroatoms. The Morgan fingerprint density at radius 3 is 2.06 bits per heavy atom. The van der Waals surface area contributed by atoms with Crippen LogP contribution in [0.25, 0.3) is 0 Å².